The van der Waals surface area contributed by atoms with Crippen molar-refractivity contribution in [3.05, 3.63) is 74.5 Å². The van der Waals surface area contributed by atoms with Gasteiger partial charge in [0.05, 0.1) is 37.4 Å². The van der Waals surface area contributed by atoms with Gasteiger partial charge in [0.1, 0.15) is 11.7 Å². The number of Topliss-reactive ketones (excluding diaryl/α,β-unsaturated/α-hetero) is 3. The van der Waals surface area contributed by atoms with Gasteiger partial charge < -0.3 is 23.7 Å². The fourth-order valence-corrected chi connectivity index (χ4v) is 11.1. The minimum Gasteiger partial charge on any atom is -0.430 e. The van der Waals surface area contributed by atoms with E-state index in [4.69, 9.17) is 23.7 Å². The molecule has 0 spiro atoms. The second kappa shape index (κ2) is 18.5. The van der Waals surface area contributed by atoms with Crippen molar-refractivity contribution in [1.82, 2.24) is 0 Å². The zero-order chi connectivity index (χ0) is 43.0. The number of ether oxygens (including phenoxy) is 5. The largest absolute Gasteiger partial charge is 0.430 e. The molecular formula is C51H68O9. The van der Waals surface area contributed by atoms with E-state index in [0.717, 1.165) is 91.2 Å². The van der Waals surface area contributed by atoms with Crippen molar-refractivity contribution in [3.63, 3.8) is 0 Å². The lowest BCUT2D eigenvalue weighted by atomic mass is 9.82. The number of aryl methyl sites for hydroxylation is 6. The molecule has 0 bridgehead atoms. The number of allylic oxidation sites excluding steroid dienone is 2. The average Bonchev–Trinajstić information content (AvgIpc) is 4.00. The maximum atomic E-state index is 13.9. The Morgan fingerprint density at radius 3 is 1.43 bits per heavy atom. The summed E-state index contributed by atoms with van der Waals surface area (Å²) >= 11 is 0. The Balaban J connectivity index is 0.000000185. The highest BCUT2D eigenvalue weighted by Crippen LogP contribution is 2.54. The first kappa shape index (κ1) is 44.6. The van der Waals surface area contributed by atoms with Gasteiger partial charge in [0.15, 0.2) is 29.9 Å². The molecular weight excluding hydrogens is 757 g/mol. The van der Waals surface area contributed by atoms with Gasteiger partial charge >= 0.3 is 5.97 Å². The van der Waals surface area contributed by atoms with Crippen molar-refractivity contribution in [3.8, 4) is 0 Å². The van der Waals surface area contributed by atoms with E-state index >= 15 is 0 Å². The number of benzene rings is 2. The Labute approximate surface area is 357 Å². The number of carbonyl (C=O) groups excluding carboxylic acids is 4. The first-order valence-corrected chi connectivity index (χ1v) is 23.0. The third-order valence-electron chi connectivity index (χ3n) is 14.0. The molecule has 5 fully saturated rings. The van der Waals surface area contributed by atoms with Gasteiger partial charge in [-0.05, 0) is 132 Å². The van der Waals surface area contributed by atoms with Crippen LogP contribution in [0.5, 0.6) is 0 Å². The predicted octanol–water partition coefficient (Wildman–Crippen LogP) is 9.17. The van der Waals surface area contributed by atoms with Gasteiger partial charge in [-0.2, -0.15) is 0 Å². The van der Waals surface area contributed by atoms with Crippen LogP contribution in [0, 0.1) is 54.8 Å². The molecule has 326 valence electrons. The molecule has 6 aliphatic rings. The molecule has 2 aromatic rings. The van der Waals surface area contributed by atoms with Gasteiger partial charge in [-0.15, -0.1) is 0 Å². The molecule has 5 atom stereocenters. The van der Waals surface area contributed by atoms with Crippen LogP contribution in [0.3, 0.4) is 0 Å². The molecule has 2 saturated heterocycles. The zero-order valence-corrected chi connectivity index (χ0v) is 37.6. The third kappa shape index (κ3) is 8.62. The van der Waals surface area contributed by atoms with E-state index < -0.39 is 11.3 Å². The lowest BCUT2D eigenvalue weighted by Crippen LogP contribution is -2.32. The summed E-state index contributed by atoms with van der Waals surface area (Å²) in [5, 5.41) is 0. The minimum atomic E-state index is -0.651. The molecule has 0 aromatic heterocycles. The fraction of sp³-hybridized carbons (Fsp3) is 0.647. The normalized spacial score (nSPS) is 28.6. The molecule has 2 aromatic carbocycles. The molecule has 60 heavy (non-hydrogen) atoms. The Hall–Kier alpha value is -3.50. The third-order valence-corrected chi connectivity index (χ3v) is 14.0. The maximum Gasteiger partial charge on any atom is 0.316 e. The summed E-state index contributed by atoms with van der Waals surface area (Å²) in [7, 11) is 0. The topological polar surface area (TPSA) is 114 Å². The molecule has 9 nitrogen and oxygen atoms in total. The predicted molar refractivity (Wildman–Crippen MR) is 230 cm³/mol. The van der Waals surface area contributed by atoms with E-state index in [1.807, 2.05) is 20.8 Å². The molecule has 9 heteroatoms. The second-order valence-electron chi connectivity index (χ2n) is 19.2. The summed E-state index contributed by atoms with van der Waals surface area (Å²) in [5.41, 5.74) is 9.01. The number of rotatable bonds is 9. The molecule has 0 N–H and O–H groups in total. The Bertz CT molecular complexity index is 1920. The number of ketones is 3. The molecule has 8 rings (SSSR count). The first-order chi connectivity index (χ1) is 28.7. The standard InChI is InChI=1S/C28H38O5.C23H30O4/c1-7-17-12-16(3)13-18(8-2)22(17)23-24(29)20-14-19(26-31-10-9-11-32-26)15-21(20)25(23)33-27(30)28(4,5)6;1-4-14-9-13(3)10-15(5-2)19(14)20-21(24)17-11-16(12-18(17)22(20)25)23-26-7-6-8-27-23/h12-13,19-21,26H,7-11,14-15H2,1-6H3;9-10,16-18,20,23H,4-8,11-12H2,1-3H3. The maximum absolute atomic E-state index is 13.9. The van der Waals surface area contributed by atoms with Gasteiger partial charge in [-0.1, -0.05) is 63.1 Å². The summed E-state index contributed by atoms with van der Waals surface area (Å²) in [4.78, 5) is 53.7. The SMILES string of the molecule is CCc1cc(C)cc(CC)c1C1=C(OC(=O)C(C)(C)C)C2CC(C3OCCCO3)CC2C1=O.CCc1cc(C)cc(CC)c1C1C(=O)C2CC(C3OCCCO3)CC2C1=O. The van der Waals surface area contributed by atoms with Crippen molar-refractivity contribution < 1.29 is 42.9 Å². The van der Waals surface area contributed by atoms with Gasteiger partial charge in [0.25, 0.3) is 0 Å². The van der Waals surface area contributed by atoms with Crippen LogP contribution in [-0.4, -0.2) is 62.3 Å². The molecule has 2 aliphatic heterocycles. The van der Waals surface area contributed by atoms with E-state index in [9.17, 15) is 19.2 Å². The van der Waals surface area contributed by atoms with E-state index in [1.165, 1.54) is 11.1 Å². The molecule has 0 radical (unpaired) electrons. The molecule has 0 amide bonds. The van der Waals surface area contributed by atoms with Crippen LogP contribution in [0.1, 0.15) is 137 Å². The highest BCUT2D eigenvalue weighted by Gasteiger charge is 2.57. The van der Waals surface area contributed by atoms with Crippen molar-refractivity contribution in [1.29, 1.82) is 0 Å². The van der Waals surface area contributed by atoms with Crippen LogP contribution in [0.4, 0.5) is 0 Å². The summed E-state index contributed by atoms with van der Waals surface area (Å²) < 4.78 is 29.4. The van der Waals surface area contributed by atoms with Gasteiger partial charge in [-0.3, -0.25) is 19.2 Å². The quantitative estimate of drug-likeness (QED) is 0.180. The Morgan fingerprint density at radius 2 is 1.02 bits per heavy atom. The smallest absolute Gasteiger partial charge is 0.316 e. The zero-order valence-electron chi connectivity index (χ0n) is 37.6. The van der Waals surface area contributed by atoms with Gasteiger partial charge in [0, 0.05) is 35.5 Å². The monoisotopic (exact) mass is 824 g/mol. The summed E-state index contributed by atoms with van der Waals surface area (Å²) in [6.45, 7) is 21.0. The van der Waals surface area contributed by atoms with E-state index in [0.29, 0.717) is 44.2 Å². The van der Waals surface area contributed by atoms with Crippen LogP contribution >= 0.6 is 0 Å². The minimum absolute atomic E-state index is 0.103. The van der Waals surface area contributed by atoms with Crippen LogP contribution in [0.2, 0.25) is 0 Å². The fourth-order valence-electron chi connectivity index (χ4n) is 11.1. The molecule has 4 aliphatic carbocycles. The lowest BCUT2D eigenvalue weighted by Gasteiger charge is -2.29. The van der Waals surface area contributed by atoms with Crippen LogP contribution in [0.15, 0.2) is 30.0 Å². The van der Waals surface area contributed by atoms with E-state index in [1.54, 1.807) is 0 Å². The number of hydrogen-bond acceptors (Lipinski definition) is 9. The Morgan fingerprint density at radius 1 is 0.617 bits per heavy atom. The van der Waals surface area contributed by atoms with Crippen LogP contribution < -0.4 is 0 Å². The number of hydrogen-bond donors (Lipinski definition) is 0. The van der Waals surface area contributed by atoms with E-state index in [2.05, 4.69) is 65.8 Å². The summed E-state index contributed by atoms with van der Waals surface area (Å²) in [6, 6.07) is 8.63. The first-order valence-electron chi connectivity index (χ1n) is 23.0. The molecule has 2 heterocycles. The van der Waals surface area contributed by atoms with Crippen molar-refractivity contribution in [2.75, 3.05) is 26.4 Å². The highest BCUT2D eigenvalue weighted by molar-refractivity contribution is 6.26. The number of fused-ring (bicyclic) bond motifs is 2. The highest BCUT2D eigenvalue weighted by atomic mass is 16.7. The van der Waals surface area contributed by atoms with Gasteiger partial charge in [0.2, 0.25) is 0 Å². The Kier molecular flexibility index (Phi) is 13.7. The average molecular weight is 825 g/mol. The van der Waals surface area contributed by atoms with Crippen molar-refractivity contribution >= 4 is 28.9 Å². The summed E-state index contributed by atoms with van der Waals surface area (Å²) in [6.07, 6.45) is 7.57. The number of esters is 1. The molecule has 3 saturated carbocycles. The number of carbonyl (C=O) groups is 4. The molecule has 5 unspecified atom stereocenters. The van der Waals surface area contributed by atoms with Crippen LogP contribution in [-0.2, 0) is 68.5 Å². The lowest BCUT2D eigenvalue weighted by molar-refractivity contribution is -0.204. The van der Waals surface area contributed by atoms with Crippen molar-refractivity contribution in [2.24, 2.45) is 40.9 Å². The van der Waals surface area contributed by atoms with E-state index in [-0.39, 0.29) is 71.4 Å². The van der Waals surface area contributed by atoms with Crippen molar-refractivity contribution in [2.45, 2.75) is 145 Å². The van der Waals surface area contributed by atoms with Crippen LogP contribution in [0.25, 0.3) is 5.57 Å². The second-order valence-corrected chi connectivity index (χ2v) is 19.2. The summed E-state index contributed by atoms with van der Waals surface area (Å²) in [5.74, 6) is -0.166. The van der Waals surface area contributed by atoms with Gasteiger partial charge in [-0.25, -0.2) is 0 Å².